The molecule has 3 nitrogen and oxygen atoms in total. The van der Waals surface area contributed by atoms with E-state index in [1.165, 1.54) is 0 Å². The molecule has 0 aromatic rings. The number of ether oxygens (including phenoxy) is 2. The fraction of sp³-hybridized carbons (Fsp3) is 1.00. The zero-order chi connectivity index (χ0) is 12.6. The van der Waals surface area contributed by atoms with Crippen molar-refractivity contribution in [3.63, 3.8) is 0 Å². The maximum atomic E-state index is 5.71. The Kier molecular flexibility index (Phi) is 7.98. The van der Waals surface area contributed by atoms with Crippen LogP contribution in [0.25, 0.3) is 0 Å². The van der Waals surface area contributed by atoms with Crippen LogP contribution in [-0.2, 0) is 9.47 Å². The van der Waals surface area contributed by atoms with Crippen molar-refractivity contribution in [3.8, 4) is 0 Å². The molecule has 0 rings (SSSR count). The lowest BCUT2D eigenvalue weighted by atomic mass is 10.2. The van der Waals surface area contributed by atoms with Crippen molar-refractivity contribution >= 4 is 0 Å². The van der Waals surface area contributed by atoms with Gasteiger partial charge in [0.2, 0.25) is 0 Å². The summed E-state index contributed by atoms with van der Waals surface area (Å²) in [6.45, 7) is 15.0. The van der Waals surface area contributed by atoms with Crippen LogP contribution >= 0.6 is 0 Å². The highest BCUT2D eigenvalue weighted by Crippen LogP contribution is 2.06. The highest BCUT2D eigenvalue weighted by atomic mass is 16.5. The Hall–Kier alpha value is -0.120. The van der Waals surface area contributed by atoms with Gasteiger partial charge in [0.15, 0.2) is 0 Å². The van der Waals surface area contributed by atoms with E-state index in [1.807, 2.05) is 0 Å². The van der Waals surface area contributed by atoms with Crippen LogP contribution in [0.1, 0.15) is 48.0 Å². The smallest absolute Gasteiger partial charge is 0.0707 e. The Morgan fingerprint density at radius 3 is 2.25 bits per heavy atom. The molecule has 0 aliphatic carbocycles. The minimum atomic E-state index is -0.0708. The van der Waals surface area contributed by atoms with Gasteiger partial charge in [0.25, 0.3) is 0 Å². The first kappa shape index (κ1) is 15.9. The zero-order valence-electron chi connectivity index (χ0n) is 11.8. The standard InChI is InChI=1S/C13H29NO2/c1-7-8-14-11(2)12(3)15-9-10-16-13(4,5)6/h11-12,14H,7-10H2,1-6H3. The minimum Gasteiger partial charge on any atom is -0.375 e. The van der Waals surface area contributed by atoms with Gasteiger partial charge in [-0.05, 0) is 47.6 Å². The van der Waals surface area contributed by atoms with Crippen molar-refractivity contribution in [3.05, 3.63) is 0 Å². The normalized spacial score (nSPS) is 16.1. The van der Waals surface area contributed by atoms with Crippen LogP contribution in [0.2, 0.25) is 0 Å². The van der Waals surface area contributed by atoms with Crippen molar-refractivity contribution in [2.45, 2.75) is 65.7 Å². The van der Waals surface area contributed by atoms with Crippen molar-refractivity contribution < 1.29 is 9.47 Å². The van der Waals surface area contributed by atoms with Gasteiger partial charge in [0.05, 0.1) is 24.9 Å². The third kappa shape index (κ3) is 9.13. The molecule has 0 radical (unpaired) electrons. The molecule has 0 bridgehead atoms. The summed E-state index contributed by atoms with van der Waals surface area (Å²) in [6.07, 6.45) is 1.39. The number of hydrogen-bond donors (Lipinski definition) is 1. The zero-order valence-corrected chi connectivity index (χ0v) is 11.8. The predicted molar refractivity (Wildman–Crippen MR) is 68.9 cm³/mol. The van der Waals surface area contributed by atoms with E-state index in [0.29, 0.717) is 19.3 Å². The lowest BCUT2D eigenvalue weighted by molar-refractivity contribution is -0.0532. The van der Waals surface area contributed by atoms with E-state index < -0.39 is 0 Å². The second-order valence-corrected chi connectivity index (χ2v) is 5.28. The second-order valence-electron chi connectivity index (χ2n) is 5.28. The topological polar surface area (TPSA) is 30.5 Å². The van der Waals surface area contributed by atoms with E-state index in [1.54, 1.807) is 0 Å². The summed E-state index contributed by atoms with van der Waals surface area (Å²) in [7, 11) is 0. The van der Waals surface area contributed by atoms with E-state index in [4.69, 9.17) is 9.47 Å². The fourth-order valence-electron chi connectivity index (χ4n) is 1.26. The molecule has 0 saturated heterocycles. The number of rotatable bonds is 8. The first-order valence-corrected chi connectivity index (χ1v) is 6.35. The average Bonchev–Trinajstić information content (AvgIpc) is 2.19. The lowest BCUT2D eigenvalue weighted by Crippen LogP contribution is -2.38. The summed E-state index contributed by atoms with van der Waals surface area (Å²) < 4.78 is 11.3. The molecular formula is C13H29NO2. The van der Waals surface area contributed by atoms with Crippen LogP contribution in [0.3, 0.4) is 0 Å². The molecule has 2 unspecified atom stereocenters. The molecule has 0 amide bonds. The van der Waals surface area contributed by atoms with Gasteiger partial charge in [0.1, 0.15) is 0 Å². The summed E-state index contributed by atoms with van der Waals surface area (Å²) in [4.78, 5) is 0. The summed E-state index contributed by atoms with van der Waals surface area (Å²) in [6, 6.07) is 0.398. The summed E-state index contributed by atoms with van der Waals surface area (Å²) in [5.41, 5.74) is -0.0708. The molecule has 16 heavy (non-hydrogen) atoms. The molecule has 0 aliphatic heterocycles. The summed E-state index contributed by atoms with van der Waals surface area (Å²) in [5.74, 6) is 0. The Balaban J connectivity index is 3.53. The van der Waals surface area contributed by atoms with Gasteiger partial charge in [-0.2, -0.15) is 0 Å². The monoisotopic (exact) mass is 231 g/mol. The molecule has 2 atom stereocenters. The van der Waals surface area contributed by atoms with Crippen LogP contribution in [0.5, 0.6) is 0 Å². The molecule has 3 heteroatoms. The SMILES string of the molecule is CCCNC(C)C(C)OCCOC(C)(C)C. The van der Waals surface area contributed by atoms with Crippen molar-refractivity contribution in [2.75, 3.05) is 19.8 Å². The van der Waals surface area contributed by atoms with Crippen molar-refractivity contribution in [1.29, 1.82) is 0 Å². The average molecular weight is 231 g/mol. The third-order valence-corrected chi connectivity index (χ3v) is 2.42. The number of hydrogen-bond acceptors (Lipinski definition) is 3. The maximum absolute atomic E-state index is 5.71. The predicted octanol–water partition coefficient (Wildman–Crippen LogP) is 2.59. The maximum Gasteiger partial charge on any atom is 0.0707 e. The minimum absolute atomic E-state index is 0.0708. The molecule has 0 heterocycles. The van der Waals surface area contributed by atoms with Crippen molar-refractivity contribution in [2.24, 2.45) is 0 Å². The molecule has 0 spiro atoms. The lowest BCUT2D eigenvalue weighted by Gasteiger charge is -2.23. The molecule has 0 aromatic carbocycles. The molecule has 0 aliphatic rings. The molecule has 98 valence electrons. The highest BCUT2D eigenvalue weighted by molar-refractivity contribution is 4.68. The summed E-state index contributed by atoms with van der Waals surface area (Å²) >= 11 is 0. The number of nitrogens with one attached hydrogen (secondary N) is 1. The third-order valence-electron chi connectivity index (χ3n) is 2.42. The van der Waals surface area contributed by atoms with Gasteiger partial charge >= 0.3 is 0 Å². The van der Waals surface area contributed by atoms with Gasteiger partial charge in [0, 0.05) is 6.04 Å². The Morgan fingerprint density at radius 2 is 1.75 bits per heavy atom. The van der Waals surface area contributed by atoms with Gasteiger partial charge in [-0.25, -0.2) is 0 Å². The molecule has 0 saturated carbocycles. The van der Waals surface area contributed by atoms with E-state index in [2.05, 4.69) is 46.9 Å². The summed E-state index contributed by atoms with van der Waals surface area (Å²) in [5, 5.41) is 3.42. The van der Waals surface area contributed by atoms with Gasteiger partial charge in [-0.1, -0.05) is 6.92 Å². The Labute approximate surface area is 101 Å². The van der Waals surface area contributed by atoms with Gasteiger partial charge < -0.3 is 14.8 Å². The molecular weight excluding hydrogens is 202 g/mol. The molecule has 0 fully saturated rings. The Morgan fingerprint density at radius 1 is 1.12 bits per heavy atom. The molecule has 1 N–H and O–H groups in total. The van der Waals surface area contributed by atoms with E-state index >= 15 is 0 Å². The van der Waals surface area contributed by atoms with Gasteiger partial charge in [-0.3, -0.25) is 0 Å². The van der Waals surface area contributed by atoms with E-state index in [-0.39, 0.29) is 11.7 Å². The quantitative estimate of drug-likeness (QED) is 0.651. The van der Waals surface area contributed by atoms with Crippen LogP contribution in [0.15, 0.2) is 0 Å². The van der Waals surface area contributed by atoms with E-state index in [0.717, 1.165) is 13.0 Å². The highest BCUT2D eigenvalue weighted by Gasteiger charge is 2.13. The second kappa shape index (κ2) is 8.04. The van der Waals surface area contributed by atoms with Gasteiger partial charge in [-0.15, -0.1) is 0 Å². The first-order valence-electron chi connectivity index (χ1n) is 6.35. The first-order chi connectivity index (χ1) is 7.37. The van der Waals surface area contributed by atoms with Crippen molar-refractivity contribution in [1.82, 2.24) is 5.32 Å². The largest absolute Gasteiger partial charge is 0.375 e. The molecule has 0 aromatic heterocycles. The Bertz CT molecular complexity index is 166. The van der Waals surface area contributed by atoms with E-state index in [9.17, 15) is 0 Å². The van der Waals surface area contributed by atoms with Crippen LogP contribution < -0.4 is 5.32 Å². The fourth-order valence-corrected chi connectivity index (χ4v) is 1.26. The van der Waals surface area contributed by atoms with Crippen LogP contribution in [-0.4, -0.2) is 37.5 Å². The van der Waals surface area contributed by atoms with Crippen LogP contribution in [0.4, 0.5) is 0 Å². The van der Waals surface area contributed by atoms with Crippen LogP contribution in [0, 0.1) is 0 Å².